The first-order valence-electron chi connectivity index (χ1n) is 5.24. The lowest BCUT2D eigenvalue weighted by atomic mass is 9.74. The molecule has 1 aromatic carbocycles. The summed E-state index contributed by atoms with van der Waals surface area (Å²) in [6.07, 6.45) is 7.23. The van der Waals surface area contributed by atoms with Crippen molar-refractivity contribution in [1.82, 2.24) is 0 Å². The molecule has 72 valence electrons. The predicted octanol–water partition coefficient (Wildman–Crippen LogP) is 3.06. The normalized spacial score (nSPS) is 33.4. The molecule has 1 heteroatoms. The summed E-state index contributed by atoms with van der Waals surface area (Å²) in [5.41, 5.74) is 1.47. The van der Waals surface area contributed by atoms with Crippen molar-refractivity contribution in [1.29, 1.82) is 0 Å². The second kappa shape index (κ2) is 2.63. The van der Waals surface area contributed by atoms with Crippen LogP contribution in [0.1, 0.15) is 25.3 Å². The maximum Gasteiger partial charge on any atom is 0.123 e. The summed E-state index contributed by atoms with van der Waals surface area (Å²) in [5.74, 6) is 1.08. The average Bonchev–Trinajstić information content (AvgIpc) is 2.51. The Morgan fingerprint density at radius 1 is 1.36 bits per heavy atom. The van der Waals surface area contributed by atoms with Gasteiger partial charge in [0.1, 0.15) is 11.9 Å². The van der Waals surface area contributed by atoms with Crippen LogP contribution in [-0.2, 0) is 5.41 Å². The maximum atomic E-state index is 5.96. The van der Waals surface area contributed by atoms with Crippen LogP contribution in [-0.4, -0.2) is 6.10 Å². The van der Waals surface area contributed by atoms with Gasteiger partial charge in [-0.05, 0) is 25.8 Å². The van der Waals surface area contributed by atoms with Gasteiger partial charge in [0.05, 0.1) is 5.41 Å². The molecule has 2 aliphatic rings. The summed E-state index contributed by atoms with van der Waals surface area (Å²) in [7, 11) is 0. The van der Waals surface area contributed by atoms with Crippen LogP contribution in [0.25, 0.3) is 0 Å². The Morgan fingerprint density at radius 2 is 2.21 bits per heavy atom. The van der Waals surface area contributed by atoms with Gasteiger partial charge in [-0.2, -0.15) is 0 Å². The van der Waals surface area contributed by atoms with Crippen molar-refractivity contribution in [3.63, 3.8) is 0 Å². The van der Waals surface area contributed by atoms with Crippen LogP contribution < -0.4 is 4.74 Å². The number of hydrogen-bond acceptors (Lipinski definition) is 1. The van der Waals surface area contributed by atoms with Crippen LogP contribution in [0.2, 0.25) is 0 Å². The van der Waals surface area contributed by atoms with E-state index in [1.807, 2.05) is 6.07 Å². The Hall–Kier alpha value is -1.24. The number of para-hydroxylation sites is 1. The number of rotatable bonds is 0. The first-order chi connectivity index (χ1) is 6.81. The number of fused-ring (bicyclic) bond motifs is 3. The molecule has 0 N–H and O–H groups in total. The van der Waals surface area contributed by atoms with E-state index in [4.69, 9.17) is 4.74 Å². The summed E-state index contributed by atoms with van der Waals surface area (Å²) in [4.78, 5) is 0. The van der Waals surface area contributed by atoms with Gasteiger partial charge in [0.15, 0.2) is 0 Å². The summed E-state index contributed by atoms with van der Waals surface area (Å²) >= 11 is 0. The zero-order valence-corrected chi connectivity index (χ0v) is 8.36. The molecule has 0 saturated carbocycles. The maximum absolute atomic E-state index is 5.96. The van der Waals surface area contributed by atoms with E-state index in [2.05, 4.69) is 37.3 Å². The van der Waals surface area contributed by atoms with Crippen molar-refractivity contribution in [2.45, 2.75) is 31.3 Å². The van der Waals surface area contributed by atoms with E-state index in [0.717, 1.165) is 18.6 Å². The first-order valence-corrected chi connectivity index (χ1v) is 5.24. The van der Waals surface area contributed by atoms with Gasteiger partial charge >= 0.3 is 0 Å². The Morgan fingerprint density at radius 3 is 3.14 bits per heavy atom. The van der Waals surface area contributed by atoms with E-state index in [1.54, 1.807) is 0 Å². The Kier molecular flexibility index (Phi) is 1.52. The number of benzene rings is 1. The second-order valence-electron chi connectivity index (χ2n) is 4.37. The van der Waals surface area contributed by atoms with Crippen molar-refractivity contribution < 1.29 is 4.74 Å². The highest BCUT2D eigenvalue weighted by Gasteiger charge is 2.43. The third-order valence-corrected chi connectivity index (χ3v) is 3.47. The van der Waals surface area contributed by atoms with Crippen LogP contribution in [0.4, 0.5) is 0 Å². The van der Waals surface area contributed by atoms with Gasteiger partial charge in [-0.25, -0.2) is 0 Å². The zero-order valence-electron chi connectivity index (χ0n) is 8.36. The molecule has 0 saturated heterocycles. The third kappa shape index (κ3) is 0.899. The summed E-state index contributed by atoms with van der Waals surface area (Å²) in [6.45, 7) is 2.28. The first kappa shape index (κ1) is 8.10. The van der Waals surface area contributed by atoms with Gasteiger partial charge in [0.2, 0.25) is 0 Å². The van der Waals surface area contributed by atoms with Crippen molar-refractivity contribution in [3.8, 4) is 5.75 Å². The Labute approximate surface area is 84.4 Å². The fourth-order valence-electron chi connectivity index (χ4n) is 2.60. The summed E-state index contributed by atoms with van der Waals surface area (Å²) in [6, 6.07) is 8.40. The number of hydrogen-bond donors (Lipinski definition) is 0. The molecule has 0 aromatic heterocycles. The highest BCUT2D eigenvalue weighted by atomic mass is 16.5. The van der Waals surface area contributed by atoms with Crippen LogP contribution >= 0.6 is 0 Å². The van der Waals surface area contributed by atoms with Crippen molar-refractivity contribution >= 4 is 0 Å². The lowest BCUT2D eigenvalue weighted by Crippen LogP contribution is -2.35. The van der Waals surface area contributed by atoms with E-state index in [1.165, 1.54) is 5.56 Å². The molecule has 1 nitrogen and oxygen atoms in total. The second-order valence-corrected chi connectivity index (χ2v) is 4.37. The van der Waals surface area contributed by atoms with Crippen molar-refractivity contribution in [3.05, 3.63) is 42.0 Å². The smallest absolute Gasteiger partial charge is 0.123 e. The monoisotopic (exact) mass is 186 g/mol. The molecular formula is C13H14O. The minimum Gasteiger partial charge on any atom is -0.489 e. The largest absolute Gasteiger partial charge is 0.489 e. The van der Waals surface area contributed by atoms with Gasteiger partial charge in [0.25, 0.3) is 0 Å². The molecule has 1 aromatic rings. The molecule has 0 radical (unpaired) electrons. The SMILES string of the molecule is CC12C=CCCC1Oc1ccccc12. The molecule has 0 spiro atoms. The molecule has 14 heavy (non-hydrogen) atoms. The highest BCUT2D eigenvalue weighted by molar-refractivity contribution is 5.48. The molecule has 0 amide bonds. The van der Waals surface area contributed by atoms with Crippen molar-refractivity contribution in [2.24, 2.45) is 0 Å². The topological polar surface area (TPSA) is 9.23 Å². The van der Waals surface area contributed by atoms with Crippen LogP contribution in [0.15, 0.2) is 36.4 Å². The third-order valence-electron chi connectivity index (χ3n) is 3.47. The van der Waals surface area contributed by atoms with E-state index >= 15 is 0 Å². The Balaban J connectivity index is 2.18. The van der Waals surface area contributed by atoms with E-state index < -0.39 is 0 Å². The molecule has 0 bridgehead atoms. The molecular weight excluding hydrogens is 172 g/mol. The molecule has 1 heterocycles. The molecule has 2 unspecified atom stereocenters. The highest BCUT2D eigenvalue weighted by Crippen LogP contribution is 2.46. The summed E-state index contributed by atoms with van der Waals surface area (Å²) < 4.78 is 5.96. The minimum absolute atomic E-state index is 0.120. The minimum atomic E-state index is 0.120. The summed E-state index contributed by atoms with van der Waals surface area (Å²) in [5, 5.41) is 0. The molecule has 0 fully saturated rings. The molecule has 2 atom stereocenters. The Bertz CT molecular complexity index is 394. The van der Waals surface area contributed by atoms with Gasteiger partial charge in [0, 0.05) is 5.56 Å². The molecule has 1 aliphatic heterocycles. The van der Waals surface area contributed by atoms with Crippen LogP contribution in [0, 0.1) is 0 Å². The lowest BCUT2D eigenvalue weighted by Gasteiger charge is -2.30. The standard InChI is InChI=1S/C13H14O/c1-13-9-5-4-8-12(13)14-11-7-3-2-6-10(11)13/h2-3,5-7,9,12H,4,8H2,1H3. The zero-order chi connectivity index (χ0) is 9.60. The number of ether oxygens (including phenoxy) is 1. The average molecular weight is 186 g/mol. The van der Waals surface area contributed by atoms with Gasteiger partial charge in [-0.3, -0.25) is 0 Å². The van der Waals surface area contributed by atoms with E-state index in [0.29, 0.717) is 6.10 Å². The van der Waals surface area contributed by atoms with E-state index in [-0.39, 0.29) is 5.41 Å². The van der Waals surface area contributed by atoms with Gasteiger partial charge < -0.3 is 4.74 Å². The van der Waals surface area contributed by atoms with E-state index in [9.17, 15) is 0 Å². The fraction of sp³-hybridized carbons (Fsp3) is 0.385. The molecule has 1 aliphatic carbocycles. The quantitative estimate of drug-likeness (QED) is 0.566. The fourth-order valence-corrected chi connectivity index (χ4v) is 2.60. The van der Waals surface area contributed by atoms with Crippen LogP contribution in [0.5, 0.6) is 5.75 Å². The van der Waals surface area contributed by atoms with Crippen LogP contribution in [0.3, 0.4) is 0 Å². The number of allylic oxidation sites excluding steroid dienone is 1. The lowest BCUT2D eigenvalue weighted by molar-refractivity contribution is 0.164. The van der Waals surface area contributed by atoms with Gasteiger partial charge in [-0.15, -0.1) is 0 Å². The molecule has 3 rings (SSSR count). The predicted molar refractivity (Wildman–Crippen MR) is 56.6 cm³/mol. The van der Waals surface area contributed by atoms with Gasteiger partial charge in [-0.1, -0.05) is 30.4 Å². The van der Waals surface area contributed by atoms with Crippen molar-refractivity contribution in [2.75, 3.05) is 0 Å².